The second kappa shape index (κ2) is 7.96. The molecule has 0 aliphatic carbocycles. The molecule has 124 valence electrons. The average Bonchev–Trinajstić information content (AvgIpc) is 2.39. The SMILES string of the molecule is CC(=O)Nc1ccc(O)c([As](=O)(O)O)c1.Cc1cccc(F)c1. The number of nitrogens with one attached hydrogen (secondary N) is 1. The first-order valence-corrected chi connectivity index (χ1v) is 9.87. The van der Waals surface area contributed by atoms with Gasteiger partial charge >= 0.3 is 88.1 Å². The van der Waals surface area contributed by atoms with Gasteiger partial charge in [0.1, 0.15) is 5.82 Å². The van der Waals surface area contributed by atoms with E-state index in [4.69, 9.17) is 8.19 Å². The van der Waals surface area contributed by atoms with Crippen molar-refractivity contribution in [2.24, 2.45) is 0 Å². The van der Waals surface area contributed by atoms with E-state index in [9.17, 15) is 18.0 Å². The van der Waals surface area contributed by atoms with Crippen molar-refractivity contribution in [3.63, 3.8) is 0 Å². The van der Waals surface area contributed by atoms with Crippen LogP contribution in [0.15, 0.2) is 42.5 Å². The Labute approximate surface area is 135 Å². The van der Waals surface area contributed by atoms with E-state index in [1.54, 1.807) is 6.07 Å². The Morgan fingerprint density at radius 2 is 1.83 bits per heavy atom. The Hall–Kier alpha value is -2.08. The van der Waals surface area contributed by atoms with Crippen molar-refractivity contribution < 1.29 is 26.2 Å². The first-order valence-electron chi connectivity index (χ1n) is 6.48. The third-order valence-electron chi connectivity index (χ3n) is 2.59. The van der Waals surface area contributed by atoms with Crippen LogP contribution in [0, 0.1) is 12.7 Å². The molecule has 2 aromatic carbocycles. The van der Waals surface area contributed by atoms with Gasteiger partial charge in [-0.2, -0.15) is 0 Å². The standard InChI is InChI=1S/C8H10AsNO5.C7H7F/c1-5(11)10-6-2-3-8(12)7(4-6)9(13,14)15;1-6-3-2-4-7(8)5-6/h2-4,12H,1H3,(H,10,11)(H2,13,14,15);2-5H,1H3. The number of anilines is 1. The first-order chi connectivity index (χ1) is 10.6. The van der Waals surface area contributed by atoms with Crippen LogP contribution in [0.5, 0.6) is 5.75 Å². The Morgan fingerprint density at radius 1 is 1.17 bits per heavy atom. The summed E-state index contributed by atoms with van der Waals surface area (Å²) in [5.41, 5.74) is 1.20. The third-order valence-corrected chi connectivity index (χ3v) is 4.66. The van der Waals surface area contributed by atoms with Gasteiger partial charge in [0.25, 0.3) is 0 Å². The average molecular weight is 385 g/mol. The molecule has 0 aliphatic heterocycles. The van der Waals surface area contributed by atoms with Crippen LogP contribution in [-0.4, -0.2) is 33.4 Å². The van der Waals surface area contributed by atoms with Crippen molar-refractivity contribution in [2.45, 2.75) is 13.8 Å². The molecule has 8 heteroatoms. The van der Waals surface area contributed by atoms with Crippen LogP contribution >= 0.6 is 0 Å². The number of hydrogen-bond acceptors (Lipinski definition) is 3. The molecule has 0 unspecified atom stereocenters. The summed E-state index contributed by atoms with van der Waals surface area (Å²) >= 11 is -5.15. The number of hydrogen-bond donors (Lipinski definition) is 4. The van der Waals surface area contributed by atoms with Crippen molar-refractivity contribution >= 4 is 30.1 Å². The minimum absolute atomic E-state index is 0.162. The maximum atomic E-state index is 12.2. The number of aromatic hydroxyl groups is 1. The minimum Gasteiger partial charge on any atom is -0.207 e. The quantitative estimate of drug-likeness (QED) is 0.457. The molecule has 6 nitrogen and oxygen atoms in total. The second-order valence-electron chi connectivity index (χ2n) is 4.73. The molecular weight excluding hydrogens is 368 g/mol. The van der Waals surface area contributed by atoms with E-state index in [0.717, 1.165) is 17.7 Å². The maximum Gasteiger partial charge on any atom is 0.123 e. The summed E-state index contributed by atoms with van der Waals surface area (Å²) in [4.78, 5) is 10.7. The zero-order valence-electron chi connectivity index (χ0n) is 12.5. The normalized spacial score (nSPS) is 10.5. The fraction of sp³-hybridized carbons (Fsp3) is 0.133. The molecule has 0 radical (unpaired) electrons. The number of aryl methyl sites for hydroxylation is 1. The van der Waals surface area contributed by atoms with E-state index in [-0.39, 0.29) is 17.4 Å². The summed E-state index contributed by atoms with van der Waals surface area (Å²) in [7, 11) is 0. The molecule has 4 N–H and O–H groups in total. The monoisotopic (exact) mass is 385 g/mol. The van der Waals surface area contributed by atoms with Crippen molar-refractivity contribution in [1.29, 1.82) is 0 Å². The van der Waals surface area contributed by atoms with Crippen molar-refractivity contribution in [3.05, 3.63) is 53.8 Å². The van der Waals surface area contributed by atoms with Crippen molar-refractivity contribution in [1.82, 2.24) is 0 Å². The number of halogens is 1. The van der Waals surface area contributed by atoms with E-state index < -0.39 is 24.3 Å². The molecule has 2 aromatic rings. The van der Waals surface area contributed by atoms with E-state index in [1.165, 1.54) is 25.1 Å². The van der Waals surface area contributed by atoms with Gasteiger partial charge in [-0.05, 0) is 24.6 Å². The molecule has 0 spiro atoms. The van der Waals surface area contributed by atoms with Crippen LogP contribution in [0.1, 0.15) is 12.5 Å². The van der Waals surface area contributed by atoms with Gasteiger partial charge in [-0.3, -0.25) is 0 Å². The molecule has 0 fully saturated rings. The molecule has 2 rings (SSSR count). The Balaban J connectivity index is 0.000000277. The number of carbonyl (C=O) groups is 1. The van der Waals surface area contributed by atoms with Crippen molar-refractivity contribution in [3.8, 4) is 5.75 Å². The number of amides is 1. The van der Waals surface area contributed by atoms with Crippen LogP contribution in [0.4, 0.5) is 10.1 Å². The van der Waals surface area contributed by atoms with Gasteiger partial charge < -0.3 is 0 Å². The van der Waals surface area contributed by atoms with Crippen LogP contribution in [0.2, 0.25) is 0 Å². The van der Waals surface area contributed by atoms with Gasteiger partial charge in [0.15, 0.2) is 0 Å². The molecule has 0 aliphatic rings. The molecule has 0 heterocycles. The number of benzene rings is 2. The van der Waals surface area contributed by atoms with E-state index in [0.29, 0.717) is 0 Å². The number of carbonyl (C=O) groups excluding carboxylic acids is 1. The van der Waals surface area contributed by atoms with Gasteiger partial charge in [-0.1, -0.05) is 12.1 Å². The maximum absolute atomic E-state index is 12.2. The van der Waals surface area contributed by atoms with Gasteiger partial charge in [-0.15, -0.1) is 0 Å². The Bertz CT molecular complexity index is 727. The summed E-state index contributed by atoms with van der Waals surface area (Å²) in [6.07, 6.45) is 0. The number of phenols is 1. The zero-order valence-corrected chi connectivity index (χ0v) is 14.4. The molecular formula is C15H17AsFNO5. The molecule has 1 amide bonds. The van der Waals surface area contributed by atoms with Crippen LogP contribution < -0.4 is 9.67 Å². The van der Waals surface area contributed by atoms with Crippen LogP contribution in [0.25, 0.3) is 0 Å². The van der Waals surface area contributed by atoms with Crippen molar-refractivity contribution in [2.75, 3.05) is 5.32 Å². The van der Waals surface area contributed by atoms with E-state index in [2.05, 4.69) is 5.32 Å². The summed E-state index contributed by atoms with van der Waals surface area (Å²) in [5, 5.41) is 11.6. The summed E-state index contributed by atoms with van der Waals surface area (Å²) in [6, 6.07) is 10.0. The third kappa shape index (κ3) is 6.69. The van der Waals surface area contributed by atoms with Crippen LogP contribution in [-0.2, 0) is 8.53 Å². The molecule has 0 bridgehead atoms. The minimum atomic E-state index is -5.15. The molecule has 0 aromatic heterocycles. The fourth-order valence-electron chi connectivity index (χ4n) is 1.64. The van der Waals surface area contributed by atoms with Crippen LogP contribution in [0.3, 0.4) is 0 Å². The zero-order chi connectivity index (χ0) is 17.6. The largest absolute Gasteiger partial charge is 0.207 e. The summed E-state index contributed by atoms with van der Waals surface area (Å²) in [6.45, 7) is 3.14. The fourth-order valence-corrected chi connectivity index (χ4v) is 3.07. The molecule has 0 saturated heterocycles. The first kappa shape index (κ1) is 19.0. The topological polar surface area (TPSA) is 107 Å². The smallest absolute Gasteiger partial charge is 0.123 e. The summed E-state index contributed by atoms with van der Waals surface area (Å²) < 4.78 is 40.6. The van der Waals surface area contributed by atoms with Gasteiger partial charge in [0.05, 0.1) is 0 Å². The molecule has 0 saturated carbocycles. The van der Waals surface area contributed by atoms with Gasteiger partial charge in [-0.25, -0.2) is 4.39 Å². The van der Waals surface area contributed by atoms with E-state index in [1.807, 2.05) is 13.0 Å². The predicted molar refractivity (Wildman–Crippen MR) is 84.1 cm³/mol. The molecule has 23 heavy (non-hydrogen) atoms. The second-order valence-corrected chi connectivity index (χ2v) is 8.02. The predicted octanol–water partition coefficient (Wildman–Crippen LogP) is 1.05. The van der Waals surface area contributed by atoms with Gasteiger partial charge in [0, 0.05) is 0 Å². The number of rotatable bonds is 2. The number of phenolic OH excluding ortho intramolecular Hbond substituents is 1. The van der Waals surface area contributed by atoms with Gasteiger partial charge in [0.2, 0.25) is 0 Å². The Kier molecular flexibility index (Phi) is 6.57. The molecule has 0 atom stereocenters. The Morgan fingerprint density at radius 3 is 2.26 bits per heavy atom. The summed E-state index contributed by atoms with van der Waals surface area (Å²) in [5.74, 6) is -0.994. The van der Waals surface area contributed by atoms with E-state index >= 15 is 0 Å².